The summed E-state index contributed by atoms with van der Waals surface area (Å²) in [6, 6.07) is 20.2. The number of allylic oxidation sites excluding steroid dienone is 5. The largest absolute Gasteiger partial charge is 1.00 e. The van der Waals surface area contributed by atoms with Crippen molar-refractivity contribution >= 4 is 9.28 Å². The van der Waals surface area contributed by atoms with Crippen molar-refractivity contribution in [1.82, 2.24) is 0 Å². The monoisotopic (exact) mass is 556 g/mol. The molecule has 4 rings (SSSR count). The van der Waals surface area contributed by atoms with Crippen molar-refractivity contribution in [3.05, 3.63) is 97.9 Å². The van der Waals surface area contributed by atoms with E-state index in [4.69, 9.17) is 0 Å². The zero-order valence-corrected chi connectivity index (χ0v) is 24.9. The molecule has 0 amide bonds. The Bertz CT molecular complexity index is 1120. The van der Waals surface area contributed by atoms with Gasteiger partial charge < -0.3 is 24.8 Å². The maximum absolute atomic E-state index is 2.65. The Morgan fingerprint density at radius 1 is 0.818 bits per heavy atom. The molecule has 0 nitrogen and oxygen atoms in total. The van der Waals surface area contributed by atoms with E-state index in [9.17, 15) is 0 Å². The minimum atomic E-state index is -2.23. The van der Waals surface area contributed by atoms with Crippen molar-refractivity contribution in [3.63, 3.8) is 0 Å². The summed E-state index contributed by atoms with van der Waals surface area (Å²) in [5.74, 6) is 0. The van der Waals surface area contributed by atoms with Gasteiger partial charge in [0, 0.05) is 0 Å². The van der Waals surface area contributed by atoms with E-state index in [1.54, 1.807) is 23.2 Å². The Kier molecular flexibility index (Phi) is 9.17. The zero-order chi connectivity index (χ0) is 22.4. The molecule has 1 unspecified atom stereocenters. The van der Waals surface area contributed by atoms with Gasteiger partial charge in [-0.1, -0.05) is 0 Å². The molecule has 2 aromatic carbocycles. The topological polar surface area (TPSA) is 0 Å². The first-order chi connectivity index (χ1) is 14.6. The third kappa shape index (κ3) is 5.80. The van der Waals surface area contributed by atoms with Crippen LogP contribution in [0.1, 0.15) is 75.2 Å². The summed E-state index contributed by atoms with van der Waals surface area (Å²) >= 11 is -2.23. The minimum Gasteiger partial charge on any atom is -1.00 e. The van der Waals surface area contributed by atoms with E-state index in [1.165, 1.54) is 17.5 Å². The van der Waals surface area contributed by atoms with Crippen molar-refractivity contribution in [3.8, 4) is 0 Å². The van der Waals surface area contributed by atoms with Crippen molar-refractivity contribution < 1.29 is 46.1 Å². The maximum atomic E-state index is 2.65. The molecular weight excluding hydrogens is 522 g/mol. The molecule has 0 spiro atoms. The standard InChI is InChI=1S/C13H21.C9H7.C8H8.2ClH.Zr/c1-12(2,3)10-8-7-9-11(10)13(4,5)6;1-2-5-9-7-3-6-8(9)4-1;1-2-8-6-4-3-5-7-8;;;/h8H,9H2,1-6H3;1-7H;3-7H,1H3;2*1H;/q;;;;;+2/p-2. The molecular formula is C30H36Cl2Zr. The molecule has 0 N–H and O–H groups in total. The molecule has 0 fully saturated rings. The fourth-order valence-corrected chi connectivity index (χ4v) is 13.4. The summed E-state index contributed by atoms with van der Waals surface area (Å²) in [7, 11) is 0. The average molecular weight is 559 g/mol. The average Bonchev–Trinajstić information content (AvgIpc) is 3.34. The fourth-order valence-electron chi connectivity index (χ4n) is 5.13. The predicted octanol–water partition coefficient (Wildman–Crippen LogP) is 2.30. The SMILES string of the molecule is C/[C](c1ccccc1)=[Zr+2](/[C]1=CC(C(C)(C)C)=C(C(C)(C)C)C1)[CH]1C=Cc2ccccc21.[Cl-].[Cl-]. The number of fused-ring (bicyclic) bond motifs is 1. The van der Waals surface area contributed by atoms with Crippen LogP contribution < -0.4 is 24.8 Å². The van der Waals surface area contributed by atoms with Crippen LogP contribution in [0.4, 0.5) is 0 Å². The maximum Gasteiger partial charge on any atom is -1.00 e. The second kappa shape index (κ2) is 10.7. The van der Waals surface area contributed by atoms with Crippen LogP contribution in [0.15, 0.2) is 81.2 Å². The summed E-state index contributed by atoms with van der Waals surface area (Å²) in [5.41, 5.74) is 8.05. The first-order valence-corrected chi connectivity index (χ1v) is 15.4. The molecule has 174 valence electrons. The van der Waals surface area contributed by atoms with Crippen LogP contribution >= 0.6 is 0 Å². The minimum absolute atomic E-state index is 0. The van der Waals surface area contributed by atoms with Crippen molar-refractivity contribution in [2.45, 2.75) is 58.5 Å². The van der Waals surface area contributed by atoms with E-state index >= 15 is 0 Å². The van der Waals surface area contributed by atoms with Gasteiger partial charge in [0.15, 0.2) is 0 Å². The molecule has 33 heavy (non-hydrogen) atoms. The van der Waals surface area contributed by atoms with Gasteiger partial charge in [-0.2, -0.15) is 0 Å². The van der Waals surface area contributed by atoms with E-state index in [0.29, 0.717) is 3.63 Å². The Morgan fingerprint density at radius 2 is 1.42 bits per heavy atom. The van der Waals surface area contributed by atoms with Gasteiger partial charge >= 0.3 is 198 Å². The van der Waals surface area contributed by atoms with Crippen LogP contribution in [-0.2, 0) is 21.3 Å². The number of hydrogen-bond acceptors (Lipinski definition) is 0. The number of rotatable bonds is 3. The second-order valence-electron chi connectivity index (χ2n) is 11.1. The predicted molar refractivity (Wildman–Crippen MR) is 133 cm³/mol. The van der Waals surface area contributed by atoms with Gasteiger partial charge in [0.1, 0.15) is 0 Å². The van der Waals surface area contributed by atoms with E-state index < -0.39 is 21.3 Å². The van der Waals surface area contributed by atoms with E-state index in [2.05, 4.69) is 121 Å². The normalized spacial score (nSPS) is 17.7. The molecule has 1 atom stereocenters. The summed E-state index contributed by atoms with van der Waals surface area (Å²) in [6.45, 7) is 16.8. The summed E-state index contributed by atoms with van der Waals surface area (Å²) in [5, 5.41) is 0. The van der Waals surface area contributed by atoms with Gasteiger partial charge in [0.2, 0.25) is 0 Å². The van der Waals surface area contributed by atoms with Crippen LogP contribution in [-0.4, -0.2) is 3.21 Å². The summed E-state index contributed by atoms with van der Waals surface area (Å²) < 4.78 is 4.03. The third-order valence-electron chi connectivity index (χ3n) is 6.79. The molecule has 3 heteroatoms. The van der Waals surface area contributed by atoms with Gasteiger partial charge in [0.25, 0.3) is 0 Å². The third-order valence-corrected chi connectivity index (χ3v) is 14.7. The Labute approximate surface area is 221 Å². The van der Waals surface area contributed by atoms with Gasteiger partial charge in [-0.15, -0.1) is 0 Å². The Hall–Kier alpha value is -1.01. The molecule has 0 saturated carbocycles. The Morgan fingerprint density at radius 3 is 2.00 bits per heavy atom. The van der Waals surface area contributed by atoms with Crippen LogP contribution in [0.2, 0.25) is 0 Å². The molecule has 0 aromatic heterocycles. The first-order valence-electron chi connectivity index (χ1n) is 11.6. The molecule has 2 aliphatic rings. The molecule has 0 heterocycles. The summed E-state index contributed by atoms with van der Waals surface area (Å²) in [4.78, 5) is 0. The van der Waals surface area contributed by atoms with Crippen LogP contribution in [0.25, 0.3) is 6.08 Å². The van der Waals surface area contributed by atoms with E-state index in [0.717, 1.165) is 0 Å². The molecule has 0 saturated heterocycles. The number of halogens is 2. The Balaban J connectivity index is 0.00000193. The summed E-state index contributed by atoms with van der Waals surface area (Å²) in [6.07, 6.45) is 8.72. The van der Waals surface area contributed by atoms with Gasteiger partial charge in [-0.05, 0) is 0 Å². The smallest absolute Gasteiger partial charge is 1.00 e. The van der Waals surface area contributed by atoms with Crippen LogP contribution in [0.3, 0.4) is 0 Å². The van der Waals surface area contributed by atoms with Gasteiger partial charge in [-0.3, -0.25) is 0 Å². The quantitative estimate of drug-likeness (QED) is 0.543. The fraction of sp³-hybridized carbons (Fsp3) is 0.367. The van der Waals surface area contributed by atoms with Crippen molar-refractivity contribution in [2.24, 2.45) is 10.8 Å². The van der Waals surface area contributed by atoms with E-state index in [1.807, 2.05) is 0 Å². The zero-order valence-electron chi connectivity index (χ0n) is 21.0. The number of benzene rings is 2. The van der Waals surface area contributed by atoms with Crippen LogP contribution in [0.5, 0.6) is 0 Å². The number of hydrogen-bond donors (Lipinski definition) is 0. The first kappa shape index (κ1) is 28.2. The molecule has 2 aromatic rings. The van der Waals surface area contributed by atoms with Gasteiger partial charge in [-0.25, -0.2) is 0 Å². The molecule has 0 aliphatic heterocycles. The van der Waals surface area contributed by atoms with E-state index in [-0.39, 0.29) is 35.6 Å². The van der Waals surface area contributed by atoms with Gasteiger partial charge in [0.05, 0.1) is 0 Å². The molecule has 2 aliphatic carbocycles. The van der Waals surface area contributed by atoms with Crippen molar-refractivity contribution in [2.75, 3.05) is 0 Å². The van der Waals surface area contributed by atoms with Crippen molar-refractivity contribution in [1.29, 1.82) is 0 Å². The van der Waals surface area contributed by atoms with Crippen LogP contribution in [0, 0.1) is 10.8 Å². The molecule has 0 radical (unpaired) electrons. The molecule has 0 bridgehead atoms. The second-order valence-corrected chi connectivity index (χ2v) is 18.1.